The monoisotopic (exact) mass is 521 g/mol. The number of likely N-dealkylation sites (N-methyl/N-ethyl adjacent to an activating group) is 1. The highest BCUT2D eigenvalue weighted by Gasteiger charge is 2.40. The van der Waals surface area contributed by atoms with Gasteiger partial charge in [-0.25, -0.2) is 13.2 Å². The topological polar surface area (TPSA) is 105 Å². The first-order valence-corrected chi connectivity index (χ1v) is 14.1. The van der Waals surface area contributed by atoms with E-state index in [2.05, 4.69) is 17.1 Å². The lowest BCUT2D eigenvalue weighted by molar-refractivity contribution is -0.119. The van der Waals surface area contributed by atoms with Crippen LogP contribution in [0.2, 0.25) is 0 Å². The van der Waals surface area contributed by atoms with Crippen LogP contribution in [0.15, 0.2) is 29.2 Å². The summed E-state index contributed by atoms with van der Waals surface area (Å²) in [5.74, 6) is -0.343. The molecule has 2 aliphatic rings. The summed E-state index contributed by atoms with van der Waals surface area (Å²) in [6.45, 7) is 6.75. The van der Waals surface area contributed by atoms with E-state index >= 15 is 0 Å². The molecule has 11 heteroatoms. The van der Waals surface area contributed by atoms with Crippen molar-refractivity contribution in [1.82, 2.24) is 9.21 Å². The molecule has 190 valence electrons. The smallest absolute Gasteiger partial charge is 0.341 e. The maximum Gasteiger partial charge on any atom is 0.341 e. The van der Waals surface area contributed by atoms with E-state index in [0.29, 0.717) is 42.1 Å². The molecule has 1 N–H and O–H groups in total. The Morgan fingerprint density at radius 2 is 1.91 bits per heavy atom. The minimum Gasteiger partial charge on any atom is -0.497 e. The summed E-state index contributed by atoms with van der Waals surface area (Å²) in [6, 6.07) is 5.27. The van der Waals surface area contributed by atoms with E-state index in [9.17, 15) is 18.0 Å². The summed E-state index contributed by atoms with van der Waals surface area (Å²) in [7, 11) is -2.37. The molecule has 1 unspecified atom stereocenters. The lowest BCUT2D eigenvalue weighted by Crippen LogP contribution is -2.43. The number of nitrogens with one attached hydrogen (secondary N) is 1. The number of fused-ring (bicyclic) bond motifs is 1. The number of hydrogen-bond donors (Lipinski definition) is 1. The van der Waals surface area contributed by atoms with Crippen molar-refractivity contribution < 1.29 is 27.5 Å². The van der Waals surface area contributed by atoms with Gasteiger partial charge in [0.05, 0.1) is 24.2 Å². The molecule has 2 aromatic rings. The summed E-state index contributed by atoms with van der Waals surface area (Å²) in [5.41, 5.74) is 1.32. The van der Waals surface area contributed by atoms with Crippen molar-refractivity contribution in [3.63, 3.8) is 0 Å². The minimum atomic E-state index is -3.88. The van der Waals surface area contributed by atoms with Crippen molar-refractivity contribution in [3.8, 4) is 5.75 Å². The lowest BCUT2D eigenvalue weighted by atomic mass is 10.0. The molecule has 1 saturated heterocycles. The number of sulfonamides is 1. The maximum absolute atomic E-state index is 13.4. The molecule has 0 spiro atoms. The fourth-order valence-corrected chi connectivity index (χ4v) is 7.54. The van der Waals surface area contributed by atoms with E-state index < -0.39 is 27.9 Å². The van der Waals surface area contributed by atoms with Crippen LogP contribution in [-0.2, 0) is 32.5 Å². The van der Waals surface area contributed by atoms with E-state index in [1.165, 1.54) is 34.9 Å². The first-order valence-electron chi connectivity index (χ1n) is 11.8. The predicted octanol–water partition coefficient (Wildman–Crippen LogP) is 3.10. The first kappa shape index (κ1) is 25.6. The lowest BCUT2D eigenvalue weighted by Gasteiger charge is -2.25. The highest BCUT2D eigenvalue weighted by Crippen LogP contribution is 2.38. The summed E-state index contributed by atoms with van der Waals surface area (Å²) in [4.78, 5) is 29.6. The third-order valence-electron chi connectivity index (χ3n) is 6.47. The summed E-state index contributed by atoms with van der Waals surface area (Å²) >= 11 is 1.38. The number of thiophene rings is 1. The molecule has 1 aromatic carbocycles. The minimum absolute atomic E-state index is 0.108. The molecule has 0 bridgehead atoms. The van der Waals surface area contributed by atoms with Gasteiger partial charge in [0.1, 0.15) is 16.8 Å². The number of ether oxygens (including phenoxy) is 2. The predicted molar refractivity (Wildman–Crippen MR) is 133 cm³/mol. The summed E-state index contributed by atoms with van der Waals surface area (Å²) in [5, 5.41) is 3.32. The van der Waals surface area contributed by atoms with Crippen LogP contribution in [0.4, 0.5) is 5.00 Å². The number of anilines is 1. The number of carbonyl (C=O) groups excluding carboxylic acids is 2. The third kappa shape index (κ3) is 5.09. The fraction of sp³-hybridized carbons (Fsp3) is 0.500. The normalized spacial score (nSPS) is 18.8. The van der Waals surface area contributed by atoms with Gasteiger partial charge >= 0.3 is 5.97 Å². The van der Waals surface area contributed by atoms with Crippen molar-refractivity contribution in [3.05, 3.63) is 40.3 Å². The van der Waals surface area contributed by atoms with E-state index in [4.69, 9.17) is 9.47 Å². The van der Waals surface area contributed by atoms with E-state index in [1.54, 1.807) is 19.1 Å². The Kier molecular flexibility index (Phi) is 7.80. The van der Waals surface area contributed by atoms with Crippen LogP contribution in [0, 0.1) is 0 Å². The Hall–Kier alpha value is -2.47. The molecule has 0 aliphatic carbocycles. The van der Waals surface area contributed by atoms with Gasteiger partial charge in [0, 0.05) is 24.5 Å². The van der Waals surface area contributed by atoms with Gasteiger partial charge in [-0.3, -0.25) is 9.69 Å². The van der Waals surface area contributed by atoms with Crippen LogP contribution in [-0.4, -0.2) is 68.9 Å². The second kappa shape index (κ2) is 10.7. The Morgan fingerprint density at radius 1 is 1.17 bits per heavy atom. The molecule has 0 radical (unpaired) electrons. The van der Waals surface area contributed by atoms with Crippen LogP contribution in [0.3, 0.4) is 0 Å². The molecule has 35 heavy (non-hydrogen) atoms. The van der Waals surface area contributed by atoms with Crippen molar-refractivity contribution in [2.24, 2.45) is 0 Å². The van der Waals surface area contributed by atoms with Crippen molar-refractivity contribution in [1.29, 1.82) is 0 Å². The summed E-state index contributed by atoms with van der Waals surface area (Å²) < 4.78 is 38.3. The van der Waals surface area contributed by atoms with Crippen LogP contribution in [0.1, 0.15) is 47.5 Å². The van der Waals surface area contributed by atoms with Gasteiger partial charge in [0.2, 0.25) is 15.9 Å². The van der Waals surface area contributed by atoms with Gasteiger partial charge in [0.15, 0.2) is 0 Å². The summed E-state index contributed by atoms with van der Waals surface area (Å²) in [6.07, 6.45) is 1.68. The number of esters is 1. The van der Waals surface area contributed by atoms with E-state index in [-0.39, 0.29) is 18.0 Å². The number of methoxy groups -OCH3 is 1. The Balaban J connectivity index is 1.60. The van der Waals surface area contributed by atoms with Gasteiger partial charge in [-0.1, -0.05) is 6.92 Å². The van der Waals surface area contributed by atoms with Gasteiger partial charge < -0.3 is 14.8 Å². The SMILES string of the molecule is CCOC(=O)c1c(NC(=O)C2CCCN2S(=O)(=O)c2ccc(OC)cc2)sc2c1CCN(CC)C2. The van der Waals surface area contributed by atoms with Gasteiger partial charge in [-0.15, -0.1) is 11.3 Å². The molecule has 1 amide bonds. The van der Waals surface area contributed by atoms with Crippen LogP contribution in [0.25, 0.3) is 0 Å². The molecule has 1 fully saturated rings. The second-order valence-corrected chi connectivity index (χ2v) is 11.5. The second-order valence-electron chi connectivity index (χ2n) is 8.49. The average molecular weight is 522 g/mol. The number of rotatable bonds is 8. The molecule has 4 rings (SSSR count). The van der Waals surface area contributed by atoms with Gasteiger partial charge in [-0.2, -0.15) is 4.31 Å². The van der Waals surface area contributed by atoms with E-state index in [0.717, 1.165) is 23.5 Å². The van der Waals surface area contributed by atoms with Gasteiger partial charge in [0.25, 0.3) is 0 Å². The first-order chi connectivity index (χ1) is 16.8. The number of carbonyl (C=O) groups is 2. The molecule has 0 saturated carbocycles. The molecular formula is C24H31N3O6S2. The zero-order chi connectivity index (χ0) is 25.2. The largest absolute Gasteiger partial charge is 0.497 e. The molecule has 2 aliphatic heterocycles. The average Bonchev–Trinajstić information content (AvgIpc) is 3.49. The maximum atomic E-state index is 13.4. The van der Waals surface area contributed by atoms with Crippen molar-refractivity contribution in [2.75, 3.05) is 38.7 Å². The Bertz CT molecular complexity index is 1190. The van der Waals surface area contributed by atoms with Gasteiger partial charge in [-0.05, 0) is 62.6 Å². The quantitative estimate of drug-likeness (QED) is 0.532. The van der Waals surface area contributed by atoms with Crippen molar-refractivity contribution >= 4 is 38.2 Å². The van der Waals surface area contributed by atoms with Crippen molar-refractivity contribution in [2.45, 2.75) is 50.6 Å². The molecule has 3 heterocycles. The highest BCUT2D eigenvalue weighted by atomic mass is 32.2. The molecule has 1 atom stereocenters. The molecule has 9 nitrogen and oxygen atoms in total. The number of amides is 1. The van der Waals surface area contributed by atoms with E-state index in [1.807, 2.05) is 0 Å². The third-order valence-corrected chi connectivity index (χ3v) is 9.53. The zero-order valence-corrected chi connectivity index (χ0v) is 21.8. The van der Waals surface area contributed by atoms with Crippen LogP contribution < -0.4 is 10.1 Å². The standard InChI is InChI=1S/C24H31N3O6S2/c1-4-26-14-12-18-20(15-26)34-23(21(18)24(29)33-5-2)25-22(28)19-7-6-13-27(19)35(30,31)17-10-8-16(32-3)9-11-17/h8-11,19H,4-7,12-15H2,1-3H3,(H,25,28). The number of nitrogens with zero attached hydrogens (tertiary/aromatic N) is 2. The molecule has 1 aromatic heterocycles. The molecular weight excluding hydrogens is 490 g/mol. The fourth-order valence-electron chi connectivity index (χ4n) is 4.60. The highest BCUT2D eigenvalue weighted by molar-refractivity contribution is 7.89. The van der Waals surface area contributed by atoms with Crippen LogP contribution in [0.5, 0.6) is 5.75 Å². The Labute approximate surface area is 210 Å². The number of benzene rings is 1. The van der Waals surface area contributed by atoms with Crippen LogP contribution >= 0.6 is 11.3 Å². The zero-order valence-electron chi connectivity index (χ0n) is 20.2. The Morgan fingerprint density at radius 3 is 2.57 bits per heavy atom. The number of hydrogen-bond acceptors (Lipinski definition) is 8.